The highest BCUT2D eigenvalue weighted by molar-refractivity contribution is 5.60. The third kappa shape index (κ3) is 2.80. The van der Waals surface area contributed by atoms with Gasteiger partial charge in [0.25, 0.3) is 5.56 Å². The van der Waals surface area contributed by atoms with Gasteiger partial charge in [0.15, 0.2) is 0 Å². The van der Waals surface area contributed by atoms with Gasteiger partial charge in [0, 0.05) is 25.5 Å². The maximum absolute atomic E-state index is 11.2. The Bertz CT molecular complexity index is 368. The van der Waals surface area contributed by atoms with Crippen molar-refractivity contribution in [1.82, 2.24) is 9.55 Å². The van der Waals surface area contributed by atoms with Crippen molar-refractivity contribution in [2.24, 2.45) is 12.0 Å². The van der Waals surface area contributed by atoms with Crippen LogP contribution in [0.3, 0.4) is 0 Å². The smallest absolute Gasteiger partial charge is 0.254 e. The lowest BCUT2D eigenvalue weighted by Crippen LogP contribution is -2.15. The van der Waals surface area contributed by atoms with Gasteiger partial charge in [0.05, 0.1) is 0 Å². The Balaban J connectivity index is 2.72. The molecule has 0 aromatic carbocycles. The van der Waals surface area contributed by atoms with Crippen LogP contribution in [-0.4, -0.2) is 15.8 Å². The first-order valence-corrected chi connectivity index (χ1v) is 4.80. The van der Waals surface area contributed by atoms with Gasteiger partial charge in [-0.1, -0.05) is 13.3 Å². The lowest BCUT2D eigenvalue weighted by molar-refractivity contribution is 0.819. The van der Waals surface area contributed by atoms with Crippen molar-refractivity contribution in [2.45, 2.75) is 26.2 Å². The van der Waals surface area contributed by atoms with Crippen LogP contribution in [0.4, 0.5) is 5.95 Å². The van der Waals surface area contributed by atoms with E-state index in [1.807, 2.05) is 6.21 Å². The Kier molecular flexibility index (Phi) is 4.04. The molecule has 0 radical (unpaired) electrons. The quantitative estimate of drug-likeness (QED) is 0.539. The van der Waals surface area contributed by atoms with Crippen molar-refractivity contribution in [2.75, 3.05) is 0 Å². The van der Waals surface area contributed by atoms with E-state index in [4.69, 9.17) is 0 Å². The maximum atomic E-state index is 11.2. The van der Waals surface area contributed by atoms with E-state index in [1.54, 1.807) is 7.05 Å². The fourth-order valence-electron chi connectivity index (χ4n) is 1.03. The van der Waals surface area contributed by atoms with Gasteiger partial charge < -0.3 is 0 Å². The van der Waals surface area contributed by atoms with Crippen molar-refractivity contribution < 1.29 is 0 Å². The van der Waals surface area contributed by atoms with Crippen LogP contribution < -0.4 is 5.56 Å². The third-order valence-electron chi connectivity index (χ3n) is 1.93. The van der Waals surface area contributed by atoms with Crippen LogP contribution in [0.5, 0.6) is 0 Å². The summed E-state index contributed by atoms with van der Waals surface area (Å²) in [5, 5.41) is 0. The predicted molar refractivity (Wildman–Crippen MR) is 57.2 cm³/mol. The molecule has 0 fully saturated rings. The minimum Gasteiger partial charge on any atom is -0.280 e. The van der Waals surface area contributed by atoms with Gasteiger partial charge >= 0.3 is 0 Å². The van der Waals surface area contributed by atoms with Gasteiger partial charge in [-0.05, 0) is 12.8 Å². The summed E-state index contributed by atoms with van der Waals surface area (Å²) in [5.41, 5.74) is -0.0809. The molecule has 14 heavy (non-hydrogen) atoms. The zero-order valence-electron chi connectivity index (χ0n) is 8.60. The topological polar surface area (TPSA) is 47.2 Å². The molecule has 0 bridgehead atoms. The van der Waals surface area contributed by atoms with Crippen LogP contribution in [0, 0.1) is 0 Å². The van der Waals surface area contributed by atoms with Crippen molar-refractivity contribution in [3.63, 3.8) is 0 Å². The molecule has 0 saturated heterocycles. The summed E-state index contributed by atoms with van der Waals surface area (Å²) in [6.45, 7) is 2.13. The van der Waals surface area contributed by atoms with Gasteiger partial charge in [-0.2, -0.15) is 0 Å². The summed E-state index contributed by atoms with van der Waals surface area (Å²) in [7, 11) is 1.67. The van der Waals surface area contributed by atoms with E-state index in [9.17, 15) is 4.79 Å². The molecule has 4 heteroatoms. The second kappa shape index (κ2) is 5.32. The Hall–Kier alpha value is -1.45. The molecular weight excluding hydrogens is 178 g/mol. The standard InChI is InChI=1S/C10H15N3O/c1-3-4-5-7-11-10-12-8-6-9(14)13(10)2/h6-8H,3-5H2,1-2H3. The molecule has 0 atom stereocenters. The van der Waals surface area contributed by atoms with E-state index < -0.39 is 0 Å². The number of nitrogens with zero attached hydrogens (tertiary/aromatic N) is 3. The molecule has 0 amide bonds. The van der Waals surface area contributed by atoms with Crippen molar-refractivity contribution >= 4 is 12.2 Å². The summed E-state index contributed by atoms with van der Waals surface area (Å²) in [6.07, 6.45) is 6.48. The minimum atomic E-state index is -0.0809. The molecule has 0 spiro atoms. The molecule has 0 aliphatic heterocycles. The molecule has 76 valence electrons. The number of unbranched alkanes of at least 4 members (excludes halogenated alkanes) is 2. The first-order chi connectivity index (χ1) is 6.75. The van der Waals surface area contributed by atoms with E-state index in [1.165, 1.54) is 16.8 Å². The highest BCUT2D eigenvalue weighted by Crippen LogP contribution is 2.01. The van der Waals surface area contributed by atoms with Crippen molar-refractivity contribution in [3.8, 4) is 0 Å². The van der Waals surface area contributed by atoms with Gasteiger partial charge in [0.2, 0.25) is 5.95 Å². The van der Waals surface area contributed by atoms with Crippen molar-refractivity contribution in [3.05, 3.63) is 22.6 Å². The van der Waals surface area contributed by atoms with Crippen LogP contribution in [0.2, 0.25) is 0 Å². The lowest BCUT2D eigenvalue weighted by Gasteiger charge is -1.99. The Morgan fingerprint density at radius 3 is 3.14 bits per heavy atom. The Morgan fingerprint density at radius 1 is 1.64 bits per heavy atom. The van der Waals surface area contributed by atoms with E-state index >= 15 is 0 Å². The van der Waals surface area contributed by atoms with E-state index in [2.05, 4.69) is 16.9 Å². The molecule has 1 aromatic rings. The molecule has 1 heterocycles. The summed E-state index contributed by atoms with van der Waals surface area (Å²) >= 11 is 0. The monoisotopic (exact) mass is 193 g/mol. The number of hydrogen-bond acceptors (Lipinski definition) is 3. The number of rotatable bonds is 4. The van der Waals surface area contributed by atoms with Crippen LogP contribution in [0.15, 0.2) is 22.1 Å². The number of aromatic nitrogens is 2. The van der Waals surface area contributed by atoms with Gasteiger partial charge in [-0.15, -0.1) is 0 Å². The van der Waals surface area contributed by atoms with Gasteiger partial charge in [-0.3, -0.25) is 9.36 Å². The van der Waals surface area contributed by atoms with E-state index in [-0.39, 0.29) is 5.56 Å². The first-order valence-electron chi connectivity index (χ1n) is 4.80. The molecule has 1 aromatic heterocycles. The maximum Gasteiger partial charge on any atom is 0.254 e. The molecule has 0 aliphatic rings. The fraction of sp³-hybridized carbons (Fsp3) is 0.500. The van der Waals surface area contributed by atoms with Crippen LogP contribution in [-0.2, 0) is 7.05 Å². The van der Waals surface area contributed by atoms with Gasteiger partial charge in [-0.25, -0.2) is 9.98 Å². The van der Waals surface area contributed by atoms with Crippen LogP contribution >= 0.6 is 0 Å². The zero-order valence-corrected chi connectivity index (χ0v) is 8.60. The lowest BCUT2D eigenvalue weighted by atomic mass is 10.3. The zero-order chi connectivity index (χ0) is 10.4. The summed E-state index contributed by atoms with van der Waals surface area (Å²) in [5.74, 6) is 0.466. The van der Waals surface area contributed by atoms with E-state index in [0.29, 0.717) is 5.95 Å². The Morgan fingerprint density at radius 2 is 2.43 bits per heavy atom. The highest BCUT2D eigenvalue weighted by Gasteiger charge is 1.95. The summed E-state index contributed by atoms with van der Waals surface area (Å²) in [4.78, 5) is 19.3. The molecule has 0 aliphatic carbocycles. The molecule has 0 N–H and O–H groups in total. The first kappa shape index (κ1) is 10.6. The van der Waals surface area contributed by atoms with E-state index in [0.717, 1.165) is 19.3 Å². The molecule has 4 nitrogen and oxygen atoms in total. The molecule has 0 unspecified atom stereocenters. The number of hydrogen-bond donors (Lipinski definition) is 0. The second-order valence-electron chi connectivity index (χ2n) is 3.10. The average Bonchev–Trinajstić information content (AvgIpc) is 2.19. The fourth-order valence-corrected chi connectivity index (χ4v) is 1.03. The third-order valence-corrected chi connectivity index (χ3v) is 1.93. The number of aliphatic imine (C=N–C) groups is 1. The van der Waals surface area contributed by atoms with Gasteiger partial charge in [0.1, 0.15) is 0 Å². The summed E-state index contributed by atoms with van der Waals surface area (Å²) < 4.78 is 1.43. The average molecular weight is 193 g/mol. The largest absolute Gasteiger partial charge is 0.280 e. The Labute approximate surface area is 83.3 Å². The molecular formula is C10H15N3O. The molecule has 1 rings (SSSR count). The normalized spacial score (nSPS) is 11.0. The highest BCUT2D eigenvalue weighted by atomic mass is 16.1. The predicted octanol–water partition coefficient (Wildman–Crippen LogP) is 1.67. The van der Waals surface area contributed by atoms with Crippen molar-refractivity contribution in [1.29, 1.82) is 0 Å². The SMILES string of the molecule is CCCCC=Nc1nccc(=O)n1C. The minimum absolute atomic E-state index is 0.0809. The van der Waals surface area contributed by atoms with Crippen LogP contribution in [0.25, 0.3) is 0 Å². The summed E-state index contributed by atoms with van der Waals surface area (Å²) in [6, 6.07) is 1.42. The molecule has 0 saturated carbocycles. The van der Waals surface area contributed by atoms with Crippen LogP contribution in [0.1, 0.15) is 26.2 Å². The second-order valence-corrected chi connectivity index (χ2v) is 3.10.